The summed E-state index contributed by atoms with van der Waals surface area (Å²) in [5.41, 5.74) is 4.54. The number of anilines is 2. The lowest BCUT2D eigenvalue weighted by atomic mass is 9.86. The lowest BCUT2D eigenvalue weighted by molar-refractivity contribution is 0.280. The van der Waals surface area contributed by atoms with Gasteiger partial charge in [0.2, 0.25) is 0 Å². The minimum Gasteiger partial charge on any atom is -0.395 e. The first kappa shape index (κ1) is 9.43. The average Bonchev–Trinajstić information content (AvgIpc) is 2.36. The number of hydrogen-bond donors (Lipinski definition) is 2. The lowest BCUT2D eigenvalue weighted by Crippen LogP contribution is -2.15. The van der Waals surface area contributed by atoms with Crippen molar-refractivity contribution in [3.8, 4) is 0 Å². The fourth-order valence-electron chi connectivity index (χ4n) is 2.34. The molecule has 2 aromatic carbocycles. The molecule has 1 heterocycles. The van der Waals surface area contributed by atoms with Crippen molar-refractivity contribution in [2.45, 2.75) is 5.92 Å². The van der Waals surface area contributed by atoms with E-state index in [0.717, 1.165) is 11.4 Å². The maximum absolute atomic E-state index is 9.56. The summed E-state index contributed by atoms with van der Waals surface area (Å²) >= 11 is 0. The molecular formula is C14H13NO. The second kappa shape index (κ2) is 3.65. The van der Waals surface area contributed by atoms with Gasteiger partial charge in [0.05, 0.1) is 6.61 Å². The number of fused-ring (bicyclic) bond motifs is 2. The van der Waals surface area contributed by atoms with Crippen LogP contribution in [-0.4, -0.2) is 11.7 Å². The Balaban J connectivity index is 2.19. The first-order valence-corrected chi connectivity index (χ1v) is 5.46. The van der Waals surface area contributed by atoms with Gasteiger partial charge in [-0.25, -0.2) is 0 Å². The number of aliphatic hydroxyl groups excluding tert-OH is 1. The van der Waals surface area contributed by atoms with E-state index < -0.39 is 0 Å². The van der Waals surface area contributed by atoms with E-state index >= 15 is 0 Å². The van der Waals surface area contributed by atoms with Crippen molar-refractivity contribution < 1.29 is 5.11 Å². The van der Waals surface area contributed by atoms with Gasteiger partial charge < -0.3 is 10.4 Å². The minimum atomic E-state index is 0.0913. The lowest BCUT2D eigenvalue weighted by Gasteiger charge is -2.27. The zero-order chi connectivity index (χ0) is 11.0. The Bertz CT molecular complexity index is 476. The number of hydrogen-bond acceptors (Lipinski definition) is 2. The molecule has 1 aliphatic rings. The van der Waals surface area contributed by atoms with Crippen LogP contribution in [0.15, 0.2) is 48.5 Å². The Labute approximate surface area is 94.6 Å². The normalized spacial score (nSPS) is 13.8. The van der Waals surface area contributed by atoms with Crippen LogP contribution in [0.1, 0.15) is 17.0 Å². The van der Waals surface area contributed by atoms with Crippen molar-refractivity contribution in [2.75, 3.05) is 11.9 Å². The highest BCUT2D eigenvalue weighted by atomic mass is 16.3. The number of para-hydroxylation sites is 2. The summed E-state index contributed by atoms with van der Waals surface area (Å²) in [5, 5.41) is 13.0. The summed E-state index contributed by atoms with van der Waals surface area (Å²) in [6.07, 6.45) is 0. The molecule has 3 rings (SSSR count). The van der Waals surface area contributed by atoms with E-state index in [0.29, 0.717) is 0 Å². The van der Waals surface area contributed by atoms with E-state index in [2.05, 4.69) is 17.4 Å². The second-order valence-corrected chi connectivity index (χ2v) is 4.03. The van der Waals surface area contributed by atoms with E-state index in [4.69, 9.17) is 0 Å². The molecule has 0 fully saturated rings. The number of benzene rings is 2. The minimum absolute atomic E-state index is 0.0913. The monoisotopic (exact) mass is 211 g/mol. The van der Waals surface area contributed by atoms with E-state index in [1.165, 1.54) is 11.1 Å². The van der Waals surface area contributed by atoms with Gasteiger partial charge in [0.1, 0.15) is 0 Å². The fourth-order valence-corrected chi connectivity index (χ4v) is 2.34. The largest absolute Gasteiger partial charge is 0.395 e. The van der Waals surface area contributed by atoms with E-state index in [1.807, 2.05) is 36.4 Å². The third-order valence-corrected chi connectivity index (χ3v) is 3.12. The summed E-state index contributed by atoms with van der Waals surface area (Å²) in [5.74, 6) is 0.0913. The quantitative estimate of drug-likeness (QED) is 0.760. The van der Waals surface area contributed by atoms with Gasteiger partial charge >= 0.3 is 0 Å². The molecule has 2 nitrogen and oxygen atoms in total. The summed E-state index contributed by atoms with van der Waals surface area (Å²) in [6.45, 7) is 0.149. The molecule has 2 aromatic rings. The average molecular weight is 211 g/mol. The molecule has 0 radical (unpaired) electrons. The van der Waals surface area contributed by atoms with E-state index in [-0.39, 0.29) is 12.5 Å². The van der Waals surface area contributed by atoms with Crippen molar-refractivity contribution in [1.82, 2.24) is 0 Å². The molecule has 0 aliphatic carbocycles. The van der Waals surface area contributed by atoms with Crippen LogP contribution in [0.25, 0.3) is 0 Å². The van der Waals surface area contributed by atoms with Crippen molar-refractivity contribution in [2.24, 2.45) is 0 Å². The van der Waals surface area contributed by atoms with Gasteiger partial charge in [-0.15, -0.1) is 0 Å². The number of nitrogens with one attached hydrogen (secondary N) is 1. The highest BCUT2D eigenvalue weighted by molar-refractivity contribution is 5.73. The van der Waals surface area contributed by atoms with Crippen molar-refractivity contribution in [1.29, 1.82) is 0 Å². The van der Waals surface area contributed by atoms with Gasteiger partial charge in [-0.1, -0.05) is 36.4 Å². The first-order valence-electron chi connectivity index (χ1n) is 5.46. The van der Waals surface area contributed by atoms with Crippen molar-refractivity contribution >= 4 is 11.4 Å². The highest BCUT2D eigenvalue weighted by Gasteiger charge is 2.23. The second-order valence-electron chi connectivity index (χ2n) is 4.03. The van der Waals surface area contributed by atoms with Crippen LogP contribution < -0.4 is 5.32 Å². The van der Waals surface area contributed by atoms with Gasteiger partial charge in [-0.05, 0) is 23.3 Å². The Morgan fingerprint density at radius 3 is 1.88 bits per heavy atom. The molecule has 0 unspecified atom stereocenters. The van der Waals surface area contributed by atoms with Crippen LogP contribution in [0.4, 0.5) is 11.4 Å². The molecule has 0 saturated heterocycles. The van der Waals surface area contributed by atoms with Crippen LogP contribution in [0, 0.1) is 0 Å². The summed E-state index contributed by atoms with van der Waals surface area (Å²) in [4.78, 5) is 0. The van der Waals surface area contributed by atoms with Crippen LogP contribution >= 0.6 is 0 Å². The molecule has 0 atom stereocenters. The smallest absolute Gasteiger partial charge is 0.0542 e. The zero-order valence-electron chi connectivity index (χ0n) is 8.85. The van der Waals surface area contributed by atoms with Gasteiger partial charge in [-0.2, -0.15) is 0 Å². The molecule has 0 bridgehead atoms. The van der Waals surface area contributed by atoms with Gasteiger partial charge in [0.15, 0.2) is 0 Å². The predicted octanol–water partition coefficient (Wildman–Crippen LogP) is 2.87. The standard InChI is InChI=1S/C14H13NO/c16-9-12-10-5-1-3-7-13(10)15-14-8-4-2-6-11(12)14/h1-8,12,15-16H,9H2. The van der Waals surface area contributed by atoms with E-state index in [1.54, 1.807) is 0 Å². The number of rotatable bonds is 1. The topological polar surface area (TPSA) is 32.3 Å². The first-order chi connectivity index (χ1) is 7.90. The van der Waals surface area contributed by atoms with Gasteiger partial charge in [-0.3, -0.25) is 0 Å². The molecule has 2 heteroatoms. The third-order valence-electron chi connectivity index (χ3n) is 3.12. The fraction of sp³-hybridized carbons (Fsp3) is 0.143. The predicted molar refractivity (Wildman–Crippen MR) is 65.1 cm³/mol. The molecule has 16 heavy (non-hydrogen) atoms. The summed E-state index contributed by atoms with van der Waals surface area (Å²) in [6, 6.07) is 16.3. The van der Waals surface area contributed by atoms with Crippen LogP contribution in [-0.2, 0) is 0 Å². The molecule has 0 spiro atoms. The van der Waals surface area contributed by atoms with Crippen LogP contribution in [0.5, 0.6) is 0 Å². The van der Waals surface area contributed by atoms with Crippen LogP contribution in [0.3, 0.4) is 0 Å². The van der Waals surface area contributed by atoms with Gasteiger partial charge in [0.25, 0.3) is 0 Å². The highest BCUT2D eigenvalue weighted by Crippen LogP contribution is 2.40. The molecule has 1 aliphatic heterocycles. The Morgan fingerprint density at radius 2 is 1.38 bits per heavy atom. The molecule has 0 saturated carbocycles. The molecule has 0 amide bonds. The van der Waals surface area contributed by atoms with Gasteiger partial charge in [0, 0.05) is 17.3 Å². The summed E-state index contributed by atoms with van der Waals surface area (Å²) in [7, 11) is 0. The molecule has 80 valence electrons. The maximum atomic E-state index is 9.56. The molecular weight excluding hydrogens is 198 g/mol. The summed E-state index contributed by atoms with van der Waals surface area (Å²) < 4.78 is 0. The third kappa shape index (κ3) is 1.31. The molecule has 2 N–H and O–H groups in total. The Kier molecular flexibility index (Phi) is 2.15. The zero-order valence-corrected chi connectivity index (χ0v) is 8.85. The Hall–Kier alpha value is -1.80. The van der Waals surface area contributed by atoms with Crippen molar-refractivity contribution in [3.05, 3.63) is 59.7 Å². The number of aliphatic hydroxyl groups is 1. The maximum Gasteiger partial charge on any atom is 0.0542 e. The Morgan fingerprint density at radius 1 is 0.875 bits per heavy atom. The molecule has 0 aromatic heterocycles. The van der Waals surface area contributed by atoms with E-state index in [9.17, 15) is 5.11 Å². The van der Waals surface area contributed by atoms with Crippen molar-refractivity contribution in [3.63, 3.8) is 0 Å². The van der Waals surface area contributed by atoms with Crippen LogP contribution in [0.2, 0.25) is 0 Å². The SMILES string of the molecule is OCC1c2ccccc2Nc2ccccc21.